The van der Waals surface area contributed by atoms with Gasteiger partial charge in [0, 0.05) is 0 Å². The molecule has 6 nitrogen and oxygen atoms in total. The number of nitrogens with zero attached hydrogens (tertiary/aromatic N) is 1. The lowest BCUT2D eigenvalue weighted by Gasteiger charge is -2.16. The third kappa shape index (κ3) is 2.97. The molecule has 18 heavy (non-hydrogen) atoms. The number of phenols is 1. The smallest absolute Gasteiger partial charge is 0.341 e. The van der Waals surface area contributed by atoms with Gasteiger partial charge in [-0.05, 0) is 17.7 Å². The summed E-state index contributed by atoms with van der Waals surface area (Å²) < 4.78 is 4.45. The molecule has 0 heterocycles. The van der Waals surface area contributed by atoms with Crippen LogP contribution in [0.4, 0.5) is 0 Å². The zero-order chi connectivity index (χ0) is 13.7. The number of hydrogen-bond donors (Lipinski definition) is 3. The van der Waals surface area contributed by atoms with Crippen molar-refractivity contribution >= 4 is 5.97 Å². The fraction of sp³-hybridized carbons (Fsp3) is 0.333. The lowest BCUT2D eigenvalue weighted by atomic mass is 10.0. The van der Waals surface area contributed by atoms with Crippen LogP contribution in [-0.2, 0) is 4.74 Å². The third-order valence-electron chi connectivity index (χ3n) is 2.43. The van der Waals surface area contributed by atoms with Gasteiger partial charge in [-0.15, -0.1) is 0 Å². The average molecular weight is 251 g/mol. The van der Waals surface area contributed by atoms with E-state index < -0.39 is 18.2 Å². The minimum absolute atomic E-state index is 0.0387. The molecular formula is C12H13NO5. The van der Waals surface area contributed by atoms with Crippen molar-refractivity contribution in [3.8, 4) is 11.8 Å². The number of aromatic hydroxyl groups is 1. The van der Waals surface area contributed by atoms with Gasteiger partial charge < -0.3 is 20.1 Å². The van der Waals surface area contributed by atoms with Gasteiger partial charge >= 0.3 is 5.97 Å². The molecule has 2 atom stereocenters. The number of benzene rings is 1. The summed E-state index contributed by atoms with van der Waals surface area (Å²) in [6.07, 6.45) is -2.79. The number of rotatable bonds is 4. The van der Waals surface area contributed by atoms with Crippen LogP contribution in [0.5, 0.6) is 5.75 Å². The fourth-order valence-electron chi connectivity index (χ4n) is 1.44. The Labute approximate surface area is 104 Å². The molecule has 0 spiro atoms. The van der Waals surface area contributed by atoms with Crippen LogP contribution in [0.15, 0.2) is 18.2 Å². The van der Waals surface area contributed by atoms with Crippen LogP contribution in [-0.4, -0.2) is 34.5 Å². The molecule has 0 aliphatic carbocycles. The van der Waals surface area contributed by atoms with Gasteiger partial charge in [0.05, 0.1) is 25.7 Å². The highest BCUT2D eigenvalue weighted by molar-refractivity contribution is 5.92. The largest absolute Gasteiger partial charge is 0.507 e. The second kappa shape index (κ2) is 6.00. The molecule has 0 aliphatic rings. The van der Waals surface area contributed by atoms with E-state index in [9.17, 15) is 20.1 Å². The van der Waals surface area contributed by atoms with Crippen molar-refractivity contribution in [3.05, 3.63) is 29.3 Å². The van der Waals surface area contributed by atoms with Gasteiger partial charge in [0.15, 0.2) is 0 Å². The van der Waals surface area contributed by atoms with Gasteiger partial charge in [-0.2, -0.15) is 5.26 Å². The maximum absolute atomic E-state index is 11.2. The van der Waals surface area contributed by atoms with Crippen molar-refractivity contribution in [2.24, 2.45) is 0 Å². The number of phenolic OH excluding ortho intramolecular Hbond substituents is 1. The second-order valence-electron chi connectivity index (χ2n) is 3.64. The summed E-state index contributed by atoms with van der Waals surface area (Å²) in [5, 5.41) is 37.1. The second-order valence-corrected chi connectivity index (χ2v) is 3.64. The van der Waals surface area contributed by atoms with Crippen molar-refractivity contribution in [1.29, 1.82) is 5.26 Å². The molecule has 0 saturated carbocycles. The number of nitriles is 1. The Morgan fingerprint density at radius 3 is 2.67 bits per heavy atom. The van der Waals surface area contributed by atoms with E-state index >= 15 is 0 Å². The molecule has 0 radical (unpaired) electrons. The zero-order valence-electron chi connectivity index (χ0n) is 9.70. The van der Waals surface area contributed by atoms with Gasteiger partial charge in [-0.3, -0.25) is 0 Å². The van der Waals surface area contributed by atoms with Crippen molar-refractivity contribution < 1.29 is 24.9 Å². The van der Waals surface area contributed by atoms with Crippen molar-refractivity contribution in [2.45, 2.75) is 18.6 Å². The third-order valence-corrected chi connectivity index (χ3v) is 2.43. The van der Waals surface area contributed by atoms with Crippen LogP contribution in [0.2, 0.25) is 0 Å². The van der Waals surface area contributed by atoms with E-state index in [0.717, 1.165) is 6.07 Å². The average Bonchev–Trinajstić information content (AvgIpc) is 2.37. The predicted octanol–water partition coefficient (Wildman–Crippen LogP) is 0.487. The summed E-state index contributed by atoms with van der Waals surface area (Å²) in [4.78, 5) is 11.2. The summed E-state index contributed by atoms with van der Waals surface area (Å²) in [7, 11) is 1.18. The van der Waals surface area contributed by atoms with Crippen LogP contribution in [0, 0.1) is 11.3 Å². The molecule has 0 fully saturated rings. The molecule has 0 bridgehead atoms. The van der Waals surface area contributed by atoms with E-state index in [2.05, 4.69) is 4.74 Å². The highest BCUT2D eigenvalue weighted by Crippen LogP contribution is 2.26. The van der Waals surface area contributed by atoms with Crippen LogP contribution < -0.4 is 0 Å². The number of ether oxygens (including phenoxy) is 1. The Morgan fingerprint density at radius 2 is 2.17 bits per heavy atom. The number of aliphatic hydroxyl groups excluding tert-OH is 2. The summed E-state index contributed by atoms with van der Waals surface area (Å²) in [5.41, 5.74) is 0.172. The first-order valence-corrected chi connectivity index (χ1v) is 5.15. The number of methoxy groups -OCH3 is 1. The van der Waals surface area contributed by atoms with E-state index in [1.54, 1.807) is 6.07 Å². The first-order chi connectivity index (χ1) is 8.51. The molecule has 0 amide bonds. The molecule has 6 heteroatoms. The van der Waals surface area contributed by atoms with E-state index in [4.69, 9.17) is 5.26 Å². The summed E-state index contributed by atoms with van der Waals surface area (Å²) in [6.45, 7) is 0. The Morgan fingerprint density at radius 1 is 1.50 bits per heavy atom. The minimum atomic E-state index is -1.30. The van der Waals surface area contributed by atoms with Gasteiger partial charge in [0.25, 0.3) is 0 Å². The Kier molecular flexibility index (Phi) is 4.66. The maximum Gasteiger partial charge on any atom is 0.341 e. The van der Waals surface area contributed by atoms with Gasteiger partial charge in [0.1, 0.15) is 17.4 Å². The molecule has 2 unspecified atom stereocenters. The molecule has 1 aromatic carbocycles. The molecule has 1 aromatic rings. The number of aliphatic hydroxyl groups is 2. The Bertz CT molecular complexity index is 480. The lowest BCUT2D eigenvalue weighted by molar-refractivity contribution is 0.0215. The molecule has 3 N–H and O–H groups in total. The summed E-state index contributed by atoms with van der Waals surface area (Å²) in [6, 6.07) is 5.52. The first kappa shape index (κ1) is 14.0. The summed E-state index contributed by atoms with van der Waals surface area (Å²) >= 11 is 0. The highest BCUT2D eigenvalue weighted by atomic mass is 16.5. The Hall–Kier alpha value is -2.10. The molecule has 0 saturated heterocycles. The highest BCUT2D eigenvalue weighted by Gasteiger charge is 2.20. The zero-order valence-corrected chi connectivity index (χ0v) is 9.70. The fourth-order valence-corrected chi connectivity index (χ4v) is 1.44. The Balaban J connectivity index is 2.97. The normalized spacial score (nSPS) is 13.4. The lowest BCUT2D eigenvalue weighted by Crippen LogP contribution is -2.17. The standard InChI is InChI=1S/C12H13NO5/c1-18-12(17)8-3-2-7(6-10(8)15)11(16)9(14)4-5-13/h2-3,6,9,11,14-16H,4H2,1H3. The maximum atomic E-state index is 11.2. The van der Waals surface area contributed by atoms with Crippen LogP contribution in [0.1, 0.15) is 28.4 Å². The van der Waals surface area contributed by atoms with E-state index in [-0.39, 0.29) is 23.3 Å². The molecule has 1 rings (SSSR count). The van der Waals surface area contributed by atoms with Crippen molar-refractivity contribution in [3.63, 3.8) is 0 Å². The number of carbonyl (C=O) groups excluding carboxylic acids is 1. The molecule has 0 aliphatic heterocycles. The number of hydrogen-bond acceptors (Lipinski definition) is 6. The molecule has 0 aromatic heterocycles. The monoisotopic (exact) mass is 251 g/mol. The molecular weight excluding hydrogens is 238 g/mol. The van der Waals surface area contributed by atoms with E-state index in [1.807, 2.05) is 0 Å². The minimum Gasteiger partial charge on any atom is -0.507 e. The van der Waals surface area contributed by atoms with Crippen molar-refractivity contribution in [2.75, 3.05) is 7.11 Å². The quantitative estimate of drug-likeness (QED) is 0.671. The topological polar surface area (TPSA) is 111 Å². The summed E-state index contributed by atoms with van der Waals surface area (Å²) in [5.74, 6) is -1.06. The van der Waals surface area contributed by atoms with Crippen LogP contribution in [0.25, 0.3) is 0 Å². The van der Waals surface area contributed by atoms with Gasteiger partial charge in [0.2, 0.25) is 0 Å². The van der Waals surface area contributed by atoms with Gasteiger partial charge in [-0.25, -0.2) is 4.79 Å². The predicted molar refractivity (Wildman–Crippen MR) is 60.6 cm³/mol. The van der Waals surface area contributed by atoms with Gasteiger partial charge in [-0.1, -0.05) is 6.07 Å². The number of esters is 1. The first-order valence-electron chi connectivity index (χ1n) is 5.15. The van der Waals surface area contributed by atoms with Crippen LogP contribution >= 0.6 is 0 Å². The molecule has 96 valence electrons. The van der Waals surface area contributed by atoms with Crippen molar-refractivity contribution in [1.82, 2.24) is 0 Å². The van der Waals surface area contributed by atoms with E-state index in [0.29, 0.717) is 0 Å². The van der Waals surface area contributed by atoms with E-state index in [1.165, 1.54) is 19.2 Å². The SMILES string of the molecule is COC(=O)c1ccc(C(O)C(O)CC#N)cc1O. The van der Waals surface area contributed by atoms with Crippen LogP contribution in [0.3, 0.4) is 0 Å². The number of carbonyl (C=O) groups is 1.